The number of aryl methyl sites for hydroxylation is 1. The first kappa shape index (κ1) is 21.3. The van der Waals surface area contributed by atoms with E-state index in [1.54, 1.807) is 7.11 Å². The first-order valence-electron chi connectivity index (χ1n) is 10.3. The first-order chi connectivity index (χ1) is 13.9. The van der Waals surface area contributed by atoms with Crippen LogP contribution in [0.2, 0.25) is 0 Å². The zero-order valence-corrected chi connectivity index (χ0v) is 18.1. The normalized spacial score (nSPS) is 20.9. The number of amides is 1. The monoisotopic (exact) mass is 396 g/mol. The van der Waals surface area contributed by atoms with Crippen molar-refractivity contribution in [3.05, 3.63) is 64.7 Å². The smallest absolute Gasteiger partial charge is 0.251 e. The van der Waals surface area contributed by atoms with Crippen LogP contribution >= 0.6 is 0 Å². The van der Waals surface area contributed by atoms with Crippen LogP contribution in [0.15, 0.2) is 42.5 Å². The van der Waals surface area contributed by atoms with E-state index in [0.717, 1.165) is 36.5 Å². The molecular weight excluding hydrogens is 364 g/mol. The summed E-state index contributed by atoms with van der Waals surface area (Å²) in [6.45, 7) is 11.0. The quantitative estimate of drug-likeness (QED) is 0.799. The molecule has 0 aliphatic carbocycles. The third-order valence-electron chi connectivity index (χ3n) is 5.32. The van der Waals surface area contributed by atoms with E-state index in [-0.39, 0.29) is 24.2 Å². The van der Waals surface area contributed by atoms with Gasteiger partial charge in [-0.2, -0.15) is 0 Å². The van der Waals surface area contributed by atoms with Gasteiger partial charge < -0.3 is 14.8 Å². The van der Waals surface area contributed by atoms with Gasteiger partial charge in [0.1, 0.15) is 5.75 Å². The number of benzene rings is 2. The number of carbonyl (C=O) groups excluding carboxylic acids is 1. The summed E-state index contributed by atoms with van der Waals surface area (Å²) in [5.41, 5.74) is 3.98. The van der Waals surface area contributed by atoms with Gasteiger partial charge in [-0.05, 0) is 51.5 Å². The maximum Gasteiger partial charge on any atom is 0.251 e. The summed E-state index contributed by atoms with van der Waals surface area (Å²) in [5.74, 6) is 0.703. The van der Waals surface area contributed by atoms with Crippen molar-refractivity contribution in [3.63, 3.8) is 0 Å². The highest BCUT2D eigenvalue weighted by Gasteiger charge is 2.22. The van der Waals surface area contributed by atoms with Crippen molar-refractivity contribution >= 4 is 5.91 Å². The van der Waals surface area contributed by atoms with E-state index in [4.69, 9.17) is 9.47 Å². The first-order valence-corrected chi connectivity index (χ1v) is 10.3. The van der Waals surface area contributed by atoms with Gasteiger partial charge in [0.2, 0.25) is 0 Å². The molecule has 0 aromatic heterocycles. The molecule has 29 heavy (non-hydrogen) atoms. The van der Waals surface area contributed by atoms with Gasteiger partial charge in [-0.3, -0.25) is 9.69 Å². The molecule has 1 amide bonds. The Morgan fingerprint density at radius 1 is 1.17 bits per heavy atom. The average molecular weight is 397 g/mol. The van der Waals surface area contributed by atoms with Gasteiger partial charge in [-0.15, -0.1) is 0 Å². The van der Waals surface area contributed by atoms with Crippen LogP contribution in [0.3, 0.4) is 0 Å². The molecule has 0 spiro atoms. The summed E-state index contributed by atoms with van der Waals surface area (Å²) in [6.07, 6.45) is 0.507. The molecule has 1 fully saturated rings. The van der Waals surface area contributed by atoms with Crippen LogP contribution in [0.1, 0.15) is 53.9 Å². The minimum atomic E-state index is -0.145. The van der Waals surface area contributed by atoms with Gasteiger partial charge in [0.25, 0.3) is 5.91 Å². The topological polar surface area (TPSA) is 50.8 Å². The van der Waals surface area contributed by atoms with E-state index in [9.17, 15) is 4.79 Å². The molecule has 0 radical (unpaired) electrons. The Bertz CT molecular complexity index is 825. The largest absolute Gasteiger partial charge is 0.496 e. The predicted octanol–water partition coefficient (Wildman–Crippen LogP) is 4.10. The Morgan fingerprint density at radius 3 is 2.45 bits per heavy atom. The standard InChI is InChI=1S/C24H32N2O3/c1-16-6-11-23(28-5)22(12-16)19(4)25-24(27)21-9-7-20(8-10-21)15-26-13-17(2)29-18(3)14-26/h6-12,17-19H,13-15H2,1-5H3,(H,25,27). The Morgan fingerprint density at radius 2 is 1.83 bits per heavy atom. The lowest BCUT2D eigenvalue weighted by atomic mass is 10.0. The highest BCUT2D eigenvalue weighted by atomic mass is 16.5. The average Bonchev–Trinajstić information content (AvgIpc) is 2.67. The fourth-order valence-electron chi connectivity index (χ4n) is 3.98. The van der Waals surface area contributed by atoms with Crippen LogP contribution in [0.4, 0.5) is 0 Å². The van der Waals surface area contributed by atoms with Crippen molar-refractivity contribution in [3.8, 4) is 5.75 Å². The molecule has 1 saturated heterocycles. The highest BCUT2D eigenvalue weighted by Crippen LogP contribution is 2.26. The molecule has 0 saturated carbocycles. The number of nitrogens with one attached hydrogen (secondary N) is 1. The fourth-order valence-corrected chi connectivity index (χ4v) is 3.98. The van der Waals surface area contributed by atoms with Crippen LogP contribution in [-0.2, 0) is 11.3 Å². The van der Waals surface area contributed by atoms with Gasteiger partial charge in [-0.25, -0.2) is 0 Å². The molecule has 2 aromatic rings. The second kappa shape index (κ2) is 9.42. The van der Waals surface area contributed by atoms with Crippen molar-refractivity contribution in [2.45, 2.75) is 52.5 Å². The number of methoxy groups -OCH3 is 1. The minimum Gasteiger partial charge on any atom is -0.496 e. The van der Waals surface area contributed by atoms with E-state index in [1.165, 1.54) is 5.56 Å². The third-order valence-corrected chi connectivity index (χ3v) is 5.32. The fraction of sp³-hybridized carbons (Fsp3) is 0.458. The molecule has 0 bridgehead atoms. The van der Waals surface area contributed by atoms with Crippen LogP contribution in [0, 0.1) is 6.92 Å². The summed E-state index contributed by atoms with van der Waals surface area (Å²) >= 11 is 0. The maximum atomic E-state index is 12.7. The molecule has 1 N–H and O–H groups in total. The molecular formula is C24H32N2O3. The number of hydrogen-bond donors (Lipinski definition) is 1. The van der Waals surface area contributed by atoms with Gasteiger partial charge in [0, 0.05) is 30.8 Å². The minimum absolute atomic E-state index is 0.0822. The maximum absolute atomic E-state index is 12.7. The van der Waals surface area contributed by atoms with Crippen LogP contribution in [0.5, 0.6) is 5.75 Å². The van der Waals surface area contributed by atoms with Gasteiger partial charge in [0.05, 0.1) is 25.4 Å². The molecule has 3 unspecified atom stereocenters. The lowest BCUT2D eigenvalue weighted by Crippen LogP contribution is -2.44. The molecule has 3 rings (SSSR count). The molecule has 1 heterocycles. The Labute approximate surface area is 174 Å². The van der Waals surface area contributed by atoms with Crippen molar-refractivity contribution in [2.24, 2.45) is 0 Å². The second-order valence-electron chi connectivity index (χ2n) is 8.09. The zero-order chi connectivity index (χ0) is 21.0. The molecule has 156 valence electrons. The highest BCUT2D eigenvalue weighted by molar-refractivity contribution is 5.94. The Hall–Kier alpha value is -2.37. The van der Waals surface area contributed by atoms with Crippen molar-refractivity contribution in [2.75, 3.05) is 20.2 Å². The summed E-state index contributed by atoms with van der Waals surface area (Å²) in [5, 5.41) is 3.08. The van der Waals surface area contributed by atoms with Gasteiger partial charge in [0.15, 0.2) is 0 Å². The lowest BCUT2D eigenvalue weighted by molar-refractivity contribution is -0.0704. The van der Waals surface area contributed by atoms with Gasteiger partial charge >= 0.3 is 0 Å². The summed E-state index contributed by atoms with van der Waals surface area (Å²) in [6, 6.07) is 13.7. The SMILES string of the molecule is COc1ccc(C)cc1C(C)NC(=O)c1ccc(CN2CC(C)OC(C)C2)cc1. The molecule has 5 nitrogen and oxygen atoms in total. The van der Waals surface area contributed by atoms with Gasteiger partial charge in [-0.1, -0.05) is 29.8 Å². The number of carbonyl (C=O) groups is 1. The second-order valence-corrected chi connectivity index (χ2v) is 8.09. The van der Waals surface area contributed by atoms with Crippen molar-refractivity contribution in [1.82, 2.24) is 10.2 Å². The van der Waals surface area contributed by atoms with Crippen molar-refractivity contribution in [1.29, 1.82) is 0 Å². The molecule has 1 aliphatic rings. The lowest BCUT2D eigenvalue weighted by Gasteiger charge is -2.35. The number of rotatable bonds is 6. The van der Waals surface area contributed by atoms with Crippen LogP contribution < -0.4 is 10.1 Å². The van der Waals surface area contributed by atoms with E-state index in [0.29, 0.717) is 5.56 Å². The Kier molecular flexibility index (Phi) is 6.93. The summed E-state index contributed by atoms with van der Waals surface area (Å²) < 4.78 is 11.2. The molecule has 1 aliphatic heterocycles. The number of morpholine rings is 1. The van der Waals surface area contributed by atoms with E-state index >= 15 is 0 Å². The summed E-state index contributed by atoms with van der Waals surface area (Å²) in [7, 11) is 1.65. The summed E-state index contributed by atoms with van der Waals surface area (Å²) in [4.78, 5) is 15.1. The molecule has 5 heteroatoms. The predicted molar refractivity (Wildman–Crippen MR) is 115 cm³/mol. The third kappa shape index (κ3) is 5.58. The van der Waals surface area contributed by atoms with E-state index in [1.807, 2.05) is 50.2 Å². The molecule has 3 atom stereocenters. The van der Waals surface area contributed by atoms with Crippen molar-refractivity contribution < 1.29 is 14.3 Å². The van der Waals surface area contributed by atoms with Crippen LogP contribution in [-0.4, -0.2) is 43.2 Å². The Balaban J connectivity index is 1.62. The van der Waals surface area contributed by atoms with E-state index in [2.05, 4.69) is 30.1 Å². The number of hydrogen-bond acceptors (Lipinski definition) is 4. The van der Waals surface area contributed by atoms with E-state index < -0.39 is 0 Å². The van der Waals surface area contributed by atoms with Crippen LogP contribution in [0.25, 0.3) is 0 Å². The number of ether oxygens (including phenoxy) is 2. The zero-order valence-electron chi connectivity index (χ0n) is 18.1. The number of nitrogens with zero attached hydrogens (tertiary/aromatic N) is 1. The molecule has 2 aromatic carbocycles.